The molecular formula is C15H16N4O3. The van der Waals surface area contributed by atoms with Crippen LogP contribution in [0.5, 0.6) is 0 Å². The minimum Gasteiger partial charge on any atom is -0.445 e. The van der Waals surface area contributed by atoms with E-state index in [0.717, 1.165) is 0 Å². The number of benzene rings is 1. The van der Waals surface area contributed by atoms with Crippen molar-refractivity contribution in [3.8, 4) is 0 Å². The third-order valence-electron chi connectivity index (χ3n) is 2.71. The van der Waals surface area contributed by atoms with Gasteiger partial charge in [-0.05, 0) is 12.1 Å². The Hall–Kier alpha value is -3.09. The summed E-state index contributed by atoms with van der Waals surface area (Å²) in [5, 5.41) is 5.09. The monoisotopic (exact) mass is 300 g/mol. The number of hydrogen-bond acceptors (Lipinski definition) is 4. The highest BCUT2D eigenvalue weighted by Crippen LogP contribution is 2.19. The molecule has 0 aliphatic carbocycles. The van der Waals surface area contributed by atoms with Gasteiger partial charge in [-0.25, -0.2) is 19.1 Å². The first kappa shape index (κ1) is 15.3. The number of hydrogen-bond donors (Lipinski definition) is 2. The van der Waals surface area contributed by atoms with Crippen molar-refractivity contribution in [3.63, 3.8) is 0 Å². The number of nitrogens with one attached hydrogen (secondary N) is 2. The van der Waals surface area contributed by atoms with Gasteiger partial charge in [0, 0.05) is 6.54 Å². The van der Waals surface area contributed by atoms with E-state index in [-0.39, 0.29) is 12.6 Å². The molecule has 0 saturated heterocycles. The van der Waals surface area contributed by atoms with E-state index in [1.54, 1.807) is 30.3 Å². The van der Waals surface area contributed by atoms with Crippen LogP contribution in [-0.2, 0) is 4.74 Å². The van der Waals surface area contributed by atoms with E-state index in [9.17, 15) is 9.59 Å². The molecule has 0 fully saturated rings. The summed E-state index contributed by atoms with van der Waals surface area (Å²) >= 11 is 0. The van der Waals surface area contributed by atoms with Gasteiger partial charge < -0.3 is 10.1 Å². The lowest BCUT2D eigenvalue weighted by atomic mass is 10.3. The number of carbonyl (C=O) groups excluding carboxylic acids is 2. The second-order valence-electron chi connectivity index (χ2n) is 4.25. The van der Waals surface area contributed by atoms with Crippen LogP contribution in [-0.4, -0.2) is 34.8 Å². The minimum atomic E-state index is -0.715. The van der Waals surface area contributed by atoms with Gasteiger partial charge in [-0.3, -0.25) is 5.32 Å². The third-order valence-corrected chi connectivity index (χ3v) is 2.71. The van der Waals surface area contributed by atoms with Crippen LogP contribution in [0.3, 0.4) is 0 Å². The molecular weight excluding hydrogens is 284 g/mol. The molecule has 2 aromatic rings. The Bertz CT molecular complexity index is 721. The second-order valence-corrected chi connectivity index (χ2v) is 4.25. The first-order valence-corrected chi connectivity index (χ1v) is 6.58. The summed E-state index contributed by atoms with van der Waals surface area (Å²) < 4.78 is 6.11. The summed E-state index contributed by atoms with van der Waals surface area (Å²) in [5.41, 5.74) is 1.15. The lowest BCUT2D eigenvalue weighted by molar-refractivity contribution is 0.174. The van der Waals surface area contributed by atoms with Crippen LogP contribution in [0, 0.1) is 0 Å². The zero-order valence-electron chi connectivity index (χ0n) is 11.9. The van der Waals surface area contributed by atoms with Crippen LogP contribution in [0.4, 0.5) is 15.5 Å². The molecule has 22 heavy (non-hydrogen) atoms. The Morgan fingerprint density at radius 2 is 2.05 bits per heavy atom. The van der Waals surface area contributed by atoms with Crippen LogP contribution in [0.1, 0.15) is 0 Å². The summed E-state index contributed by atoms with van der Waals surface area (Å²) in [5.74, 6) is 0.0804. The summed E-state index contributed by atoms with van der Waals surface area (Å²) in [6.45, 7) is 7.36. The molecule has 114 valence electrons. The van der Waals surface area contributed by atoms with Crippen LogP contribution in [0.15, 0.2) is 49.6 Å². The van der Waals surface area contributed by atoms with Crippen LogP contribution in [0.25, 0.3) is 11.0 Å². The number of carbonyl (C=O) groups is 2. The van der Waals surface area contributed by atoms with Crippen molar-refractivity contribution in [1.82, 2.24) is 14.9 Å². The van der Waals surface area contributed by atoms with Crippen molar-refractivity contribution >= 4 is 29.1 Å². The molecule has 7 nitrogen and oxygen atoms in total. The molecule has 1 aromatic carbocycles. The lowest BCUT2D eigenvalue weighted by Gasteiger charge is -2.09. The fourth-order valence-electron chi connectivity index (χ4n) is 1.82. The van der Waals surface area contributed by atoms with Crippen molar-refractivity contribution in [2.75, 3.05) is 18.5 Å². The van der Waals surface area contributed by atoms with Crippen LogP contribution >= 0.6 is 0 Å². The zero-order chi connectivity index (χ0) is 15.9. The fraction of sp³-hybridized carbons (Fsp3) is 0.133. The smallest absolute Gasteiger partial charge is 0.414 e. The van der Waals surface area contributed by atoms with Crippen molar-refractivity contribution in [2.45, 2.75) is 0 Å². The third kappa shape index (κ3) is 3.32. The number of anilines is 1. The van der Waals surface area contributed by atoms with Gasteiger partial charge in [0.05, 0.1) is 11.0 Å². The Balaban J connectivity index is 2.35. The summed E-state index contributed by atoms with van der Waals surface area (Å²) in [4.78, 5) is 28.1. The molecule has 0 saturated carbocycles. The quantitative estimate of drug-likeness (QED) is 0.831. The standard InChI is InChI=1S/C15H16N4O3/c1-3-9-16-14(20)19-12-8-6-5-7-11(12)17-13(19)18-15(21)22-10-4-2/h3-8H,1-2,9-10H2,(H,16,20)(H,17,18,21). The Labute approximate surface area is 127 Å². The topological polar surface area (TPSA) is 85.2 Å². The van der Waals surface area contributed by atoms with E-state index in [0.29, 0.717) is 17.6 Å². The molecule has 0 unspecified atom stereocenters. The van der Waals surface area contributed by atoms with E-state index in [2.05, 4.69) is 28.8 Å². The van der Waals surface area contributed by atoms with Gasteiger partial charge in [-0.15, -0.1) is 6.58 Å². The molecule has 2 N–H and O–H groups in total. The van der Waals surface area contributed by atoms with Crippen molar-refractivity contribution in [3.05, 3.63) is 49.6 Å². The number of amides is 2. The Morgan fingerprint density at radius 1 is 1.27 bits per heavy atom. The van der Waals surface area contributed by atoms with Gasteiger partial charge in [-0.1, -0.05) is 30.9 Å². The van der Waals surface area contributed by atoms with Gasteiger partial charge in [0.15, 0.2) is 0 Å². The summed E-state index contributed by atoms with van der Waals surface area (Å²) in [6.07, 6.45) is 2.29. The van der Waals surface area contributed by atoms with E-state index in [1.807, 2.05) is 0 Å². The predicted molar refractivity (Wildman–Crippen MR) is 83.9 cm³/mol. The van der Waals surface area contributed by atoms with Gasteiger partial charge >= 0.3 is 12.1 Å². The van der Waals surface area contributed by atoms with Crippen molar-refractivity contribution in [1.29, 1.82) is 0 Å². The molecule has 0 atom stereocenters. The maximum atomic E-state index is 12.3. The number of ether oxygens (including phenoxy) is 1. The second kappa shape index (κ2) is 7.07. The first-order chi connectivity index (χ1) is 10.7. The summed E-state index contributed by atoms with van der Waals surface area (Å²) in [7, 11) is 0. The molecule has 1 heterocycles. The Kier molecular flexibility index (Phi) is 4.92. The normalized spacial score (nSPS) is 10.0. The van der Waals surface area contributed by atoms with Crippen molar-refractivity contribution in [2.24, 2.45) is 0 Å². The maximum Gasteiger partial charge on any atom is 0.414 e. The van der Waals surface area contributed by atoms with E-state index in [1.165, 1.54) is 10.6 Å². The molecule has 0 aliphatic heterocycles. The molecule has 2 amide bonds. The molecule has 7 heteroatoms. The predicted octanol–water partition coefficient (Wildman–Crippen LogP) is 2.51. The summed E-state index contributed by atoms with van der Waals surface area (Å²) in [6, 6.07) is 6.62. The van der Waals surface area contributed by atoms with Gasteiger partial charge in [-0.2, -0.15) is 0 Å². The largest absolute Gasteiger partial charge is 0.445 e. The van der Waals surface area contributed by atoms with E-state index < -0.39 is 12.1 Å². The molecule has 0 bridgehead atoms. The highest BCUT2D eigenvalue weighted by atomic mass is 16.5. The molecule has 0 spiro atoms. The number of para-hydroxylation sites is 2. The van der Waals surface area contributed by atoms with Crippen LogP contribution in [0.2, 0.25) is 0 Å². The minimum absolute atomic E-state index is 0.0642. The lowest BCUT2D eigenvalue weighted by Crippen LogP contribution is -2.30. The van der Waals surface area contributed by atoms with E-state index in [4.69, 9.17) is 4.74 Å². The fourth-order valence-corrected chi connectivity index (χ4v) is 1.82. The average molecular weight is 300 g/mol. The van der Waals surface area contributed by atoms with E-state index >= 15 is 0 Å². The molecule has 0 radical (unpaired) electrons. The Morgan fingerprint density at radius 3 is 2.77 bits per heavy atom. The number of aromatic nitrogens is 2. The van der Waals surface area contributed by atoms with Crippen LogP contribution < -0.4 is 10.6 Å². The number of imidazole rings is 1. The number of fused-ring (bicyclic) bond motifs is 1. The van der Waals surface area contributed by atoms with Gasteiger partial charge in [0.2, 0.25) is 5.95 Å². The SMILES string of the molecule is C=CCNC(=O)n1c(NC(=O)OCC=C)nc2ccccc21. The highest BCUT2D eigenvalue weighted by Gasteiger charge is 2.18. The number of nitrogens with zero attached hydrogens (tertiary/aromatic N) is 2. The maximum absolute atomic E-state index is 12.3. The molecule has 2 rings (SSSR count). The van der Waals surface area contributed by atoms with Gasteiger partial charge in [0.1, 0.15) is 6.61 Å². The first-order valence-electron chi connectivity index (χ1n) is 6.58. The molecule has 1 aromatic heterocycles. The average Bonchev–Trinajstić information content (AvgIpc) is 2.88. The van der Waals surface area contributed by atoms with Gasteiger partial charge in [0.25, 0.3) is 0 Å². The van der Waals surface area contributed by atoms with Crippen molar-refractivity contribution < 1.29 is 14.3 Å². The number of rotatable bonds is 5. The zero-order valence-corrected chi connectivity index (χ0v) is 11.9. The highest BCUT2D eigenvalue weighted by molar-refractivity contribution is 5.96. The molecule has 0 aliphatic rings.